The van der Waals surface area contributed by atoms with Crippen molar-refractivity contribution in [3.05, 3.63) is 29.0 Å². The van der Waals surface area contributed by atoms with Crippen LogP contribution < -0.4 is 5.32 Å². The summed E-state index contributed by atoms with van der Waals surface area (Å²) >= 11 is 5.96. The van der Waals surface area contributed by atoms with E-state index in [1.54, 1.807) is 0 Å². The second-order valence-corrected chi connectivity index (χ2v) is 4.35. The Morgan fingerprint density at radius 2 is 2.25 bits per heavy atom. The molecule has 86 valence electrons. The van der Waals surface area contributed by atoms with E-state index in [0.29, 0.717) is 0 Å². The highest BCUT2D eigenvalue weighted by molar-refractivity contribution is 6.31. The fraction of sp³-hybridized carbons (Fsp3) is 0.417. The molecule has 3 nitrogen and oxygen atoms in total. The highest BCUT2D eigenvalue weighted by atomic mass is 35.5. The molecule has 1 N–H and O–H groups in total. The zero-order valence-corrected chi connectivity index (χ0v) is 10.5. The third-order valence-electron chi connectivity index (χ3n) is 2.95. The van der Waals surface area contributed by atoms with E-state index in [1.165, 1.54) is 0 Å². The maximum atomic E-state index is 5.96. The third kappa shape index (κ3) is 1.81. The van der Waals surface area contributed by atoms with Gasteiger partial charge in [0.25, 0.3) is 0 Å². The highest BCUT2D eigenvalue weighted by Gasteiger charge is 2.15. The number of halogens is 1. The molecule has 2 aromatic rings. The summed E-state index contributed by atoms with van der Waals surface area (Å²) in [6.07, 6.45) is 1.02. The van der Waals surface area contributed by atoms with Gasteiger partial charge in [-0.1, -0.05) is 18.5 Å². The smallest absolute Gasteiger partial charge is 0.126 e. The Balaban J connectivity index is 2.59. The molecule has 16 heavy (non-hydrogen) atoms. The number of nitrogens with zero attached hydrogens (tertiary/aromatic N) is 2. The summed E-state index contributed by atoms with van der Waals surface area (Å²) in [5, 5.41) is 4.00. The van der Waals surface area contributed by atoms with Crippen molar-refractivity contribution in [2.75, 3.05) is 7.05 Å². The van der Waals surface area contributed by atoms with E-state index in [2.05, 4.69) is 21.8 Å². The van der Waals surface area contributed by atoms with Gasteiger partial charge in [-0.3, -0.25) is 0 Å². The molecule has 1 atom stereocenters. The van der Waals surface area contributed by atoms with Crippen molar-refractivity contribution >= 4 is 22.6 Å². The average Bonchev–Trinajstić information content (AvgIpc) is 2.58. The summed E-state index contributed by atoms with van der Waals surface area (Å²) < 4.78 is 2.12. The van der Waals surface area contributed by atoms with Crippen LogP contribution in [-0.2, 0) is 7.05 Å². The lowest BCUT2D eigenvalue weighted by molar-refractivity contribution is 0.529. The molecule has 0 bridgehead atoms. The highest BCUT2D eigenvalue weighted by Crippen LogP contribution is 2.23. The summed E-state index contributed by atoms with van der Waals surface area (Å²) in [6.45, 7) is 2.15. The summed E-state index contributed by atoms with van der Waals surface area (Å²) in [6, 6.07) is 6.10. The van der Waals surface area contributed by atoms with Gasteiger partial charge in [-0.05, 0) is 31.7 Å². The summed E-state index contributed by atoms with van der Waals surface area (Å²) in [5.41, 5.74) is 2.08. The Bertz CT molecular complexity index is 500. The molecule has 0 aliphatic carbocycles. The van der Waals surface area contributed by atoms with E-state index in [1.807, 2.05) is 32.3 Å². The van der Waals surface area contributed by atoms with Crippen LogP contribution in [0.3, 0.4) is 0 Å². The first-order valence-corrected chi connectivity index (χ1v) is 5.84. The van der Waals surface area contributed by atoms with E-state index in [0.717, 1.165) is 28.3 Å². The molecule has 0 spiro atoms. The van der Waals surface area contributed by atoms with Gasteiger partial charge < -0.3 is 9.88 Å². The molecule has 0 amide bonds. The van der Waals surface area contributed by atoms with E-state index in [4.69, 9.17) is 11.6 Å². The lowest BCUT2D eigenvalue weighted by Gasteiger charge is -2.13. The van der Waals surface area contributed by atoms with Crippen molar-refractivity contribution in [1.29, 1.82) is 0 Å². The van der Waals surface area contributed by atoms with Gasteiger partial charge in [0.05, 0.1) is 17.1 Å². The van der Waals surface area contributed by atoms with Gasteiger partial charge in [-0.15, -0.1) is 0 Å². The minimum atomic E-state index is 0.288. The van der Waals surface area contributed by atoms with Crippen LogP contribution in [0.5, 0.6) is 0 Å². The Kier molecular flexibility index (Phi) is 3.17. The molecule has 1 aromatic heterocycles. The van der Waals surface area contributed by atoms with E-state index >= 15 is 0 Å². The van der Waals surface area contributed by atoms with Gasteiger partial charge in [0.15, 0.2) is 0 Å². The van der Waals surface area contributed by atoms with Crippen LogP contribution in [0, 0.1) is 0 Å². The fourth-order valence-electron chi connectivity index (χ4n) is 2.02. The van der Waals surface area contributed by atoms with Crippen molar-refractivity contribution in [1.82, 2.24) is 14.9 Å². The van der Waals surface area contributed by atoms with Crippen LogP contribution >= 0.6 is 11.6 Å². The predicted octanol–water partition coefficient (Wildman–Crippen LogP) is 2.90. The van der Waals surface area contributed by atoms with Crippen molar-refractivity contribution in [3.8, 4) is 0 Å². The van der Waals surface area contributed by atoms with Crippen LogP contribution in [-0.4, -0.2) is 16.6 Å². The quantitative estimate of drug-likeness (QED) is 0.890. The number of aryl methyl sites for hydroxylation is 1. The lowest BCUT2D eigenvalue weighted by atomic mass is 10.2. The van der Waals surface area contributed by atoms with Crippen LogP contribution in [0.4, 0.5) is 0 Å². The van der Waals surface area contributed by atoms with Crippen molar-refractivity contribution in [3.63, 3.8) is 0 Å². The SMILES string of the molecule is CCC(NC)c1nc2cc(Cl)ccc2n1C. The number of hydrogen-bond donors (Lipinski definition) is 1. The maximum Gasteiger partial charge on any atom is 0.126 e. The van der Waals surface area contributed by atoms with Gasteiger partial charge in [-0.25, -0.2) is 4.98 Å². The maximum absolute atomic E-state index is 5.96. The van der Waals surface area contributed by atoms with Gasteiger partial charge in [-0.2, -0.15) is 0 Å². The molecule has 2 rings (SSSR count). The number of aromatic nitrogens is 2. The second kappa shape index (κ2) is 4.44. The van der Waals surface area contributed by atoms with Crippen LogP contribution in [0.25, 0.3) is 11.0 Å². The molecule has 0 aliphatic heterocycles. The van der Waals surface area contributed by atoms with Gasteiger partial charge >= 0.3 is 0 Å². The Morgan fingerprint density at radius 3 is 2.88 bits per heavy atom. The minimum absolute atomic E-state index is 0.288. The number of fused-ring (bicyclic) bond motifs is 1. The molecule has 1 unspecified atom stereocenters. The first-order valence-electron chi connectivity index (χ1n) is 5.46. The molecular formula is C12H16ClN3. The van der Waals surface area contributed by atoms with Gasteiger partial charge in [0.2, 0.25) is 0 Å². The van der Waals surface area contributed by atoms with E-state index < -0.39 is 0 Å². The molecule has 1 heterocycles. The van der Waals surface area contributed by atoms with E-state index in [9.17, 15) is 0 Å². The summed E-state index contributed by atoms with van der Waals surface area (Å²) in [4.78, 5) is 4.63. The standard InChI is InChI=1S/C12H16ClN3/c1-4-9(14-2)12-15-10-7-8(13)5-6-11(10)16(12)3/h5-7,9,14H,4H2,1-3H3. The van der Waals surface area contributed by atoms with Crippen molar-refractivity contribution in [2.45, 2.75) is 19.4 Å². The molecule has 0 saturated heterocycles. The molecule has 0 saturated carbocycles. The zero-order valence-electron chi connectivity index (χ0n) is 9.79. The Hall–Kier alpha value is -1.06. The minimum Gasteiger partial charge on any atom is -0.330 e. The monoisotopic (exact) mass is 237 g/mol. The third-order valence-corrected chi connectivity index (χ3v) is 3.18. The van der Waals surface area contributed by atoms with Crippen molar-refractivity contribution < 1.29 is 0 Å². The topological polar surface area (TPSA) is 29.9 Å². The molecule has 1 aromatic carbocycles. The largest absolute Gasteiger partial charge is 0.330 e. The van der Waals surface area contributed by atoms with Crippen LogP contribution in [0.1, 0.15) is 25.2 Å². The van der Waals surface area contributed by atoms with Crippen molar-refractivity contribution in [2.24, 2.45) is 7.05 Å². The van der Waals surface area contributed by atoms with Crippen LogP contribution in [0.15, 0.2) is 18.2 Å². The molecule has 0 fully saturated rings. The summed E-state index contributed by atoms with van der Waals surface area (Å²) in [5.74, 6) is 1.06. The molecule has 0 aliphatic rings. The Morgan fingerprint density at radius 1 is 1.50 bits per heavy atom. The molecule has 0 radical (unpaired) electrons. The fourth-order valence-corrected chi connectivity index (χ4v) is 2.19. The number of imidazole rings is 1. The molecule has 4 heteroatoms. The first kappa shape index (κ1) is 11.4. The second-order valence-electron chi connectivity index (χ2n) is 3.91. The predicted molar refractivity (Wildman–Crippen MR) is 67.8 cm³/mol. The summed E-state index contributed by atoms with van der Waals surface area (Å²) in [7, 11) is 4.00. The average molecular weight is 238 g/mol. The number of benzene rings is 1. The number of rotatable bonds is 3. The lowest BCUT2D eigenvalue weighted by Crippen LogP contribution is -2.19. The number of hydrogen-bond acceptors (Lipinski definition) is 2. The Labute approximate surface area is 100 Å². The van der Waals surface area contributed by atoms with Gasteiger partial charge in [0, 0.05) is 12.1 Å². The van der Waals surface area contributed by atoms with Crippen LogP contribution in [0.2, 0.25) is 5.02 Å². The first-order chi connectivity index (χ1) is 7.67. The van der Waals surface area contributed by atoms with Gasteiger partial charge in [0.1, 0.15) is 5.82 Å². The van der Waals surface area contributed by atoms with E-state index in [-0.39, 0.29) is 6.04 Å². The zero-order chi connectivity index (χ0) is 11.7. The normalized spacial score (nSPS) is 13.2. The molecular weight excluding hydrogens is 222 g/mol. The number of nitrogens with one attached hydrogen (secondary N) is 1.